The van der Waals surface area contributed by atoms with Crippen LogP contribution >= 0.6 is 35.3 Å². The fourth-order valence-corrected chi connectivity index (χ4v) is 4.41. The van der Waals surface area contributed by atoms with E-state index in [2.05, 4.69) is 32.9 Å². The Morgan fingerprint density at radius 2 is 2.00 bits per heavy atom. The molecule has 0 saturated carbocycles. The average molecular weight is 537 g/mol. The van der Waals surface area contributed by atoms with E-state index in [9.17, 15) is 8.42 Å². The van der Waals surface area contributed by atoms with Gasteiger partial charge in [0.1, 0.15) is 0 Å². The molecule has 1 heterocycles. The Balaban J connectivity index is 0.00000392. The highest BCUT2D eigenvalue weighted by Crippen LogP contribution is 2.17. The zero-order valence-corrected chi connectivity index (χ0v) is 20.7. The van der Waals surface area contributed by atoms with Gasteiger partial charge in [-0.05, 0) is 37.5 Å². The topological polar surface area (TPSA) is 83.5 Å². The van der Waals surface area contributed by atoms with Gasteiger partial charge in [0.15, 0.2) is 15.8 Å². The normalized spacial score (nSPS) is 11.8. The van der Waals surface area contributed by atoms with Gasteiger partial charge in [0, 0.05) is 31.1 Å². The number of aryl methyl sites for hydroxylation is 2. The van der Waals surface area contributed by atoms with E-state index in [0.29, 0.717) is 11.4 Å². The van der Waals surface area contributed by atoms with Gasteiger partial charge in [-0.2, -0.15) is 0 Å². The molecule has 0 amide bonds. The zero-order chi connectivity index (χ0) is 19.9. The van der Waals surface area contributed by atoms with Gasteiger partial charge in [0.05, 0.1) is 22.1 Å². The van der Waals surface area contributed by atoms with Crippen LogP contribution in [-0.4, -0.2) is 38.7 Å². The fourth-order valence-electron chi connectivity index (χ4n) is 2.67. The molecule has 0 aliphatic rings. The lowest BCUT2D eigenvalue weighted by Crippen LogP contribution is -2.38. The summed E-state index contributed by atoms with van der Waals surface area (Å²) in [6.45, 7) is 7.96. The Labute approximate surface area is 189 Å². The van der Waals surface area contributed by atoms with Gasteiger partial charge in [-0.25, -0.2) is 18.4 Å². The highest BCUT2D eigenvalue weighted by Gasteiger charge is 2.10. The molecule has 9 heteroatoms. The summed E-state index contributed by atoms with van der Waals surface area (Å²) < 4.78 is 23.4. The van der Waals surface area contributed by atoms with Crippen molar-refractivity contribution in [3.8, 4) is 0 Å². The van der Waals surface area contributed by atoms with E-state index in [1.165, 1.54) is 11.3 Å². The van der Waals surface area contributed by atoms with Crippen LogP contribution in [0.1, 0.15) is 35.7 Å². The van der Waals surface area contributed by atoms with E-state index in [0.717, 1.165) is 48.7 Å². The van der Waals surface area contributed by atoms with Crippen LogP contribution in [0.5, 0.6) is 0 Å². The third-order valence-electron chi connectivity index (χ3n) is 3.98. The van der Waals surface area contributed by atoms with Crippen molar-refractivity contribution in [3.63, 3.8) is 0 Å². The summed E-state index contributed by atoms with van der Waals surface area (Å²) in [6.07, 6.45) is 3.05. The minimum absolute atomic E-state index is 0. The van der Waals surface area contributed by atoms with Crippen molar-refractivity contribution in [3.05, 3.63) is 45.4 Å². The molecule has 0 atom stereocenters. The zero-order valence-electron chi connectivity index (χ0n) is 16.8. The molecular formula is C19H29IN4O2S2. The molecule has 2 N–H and O–H groups in total. The van der Waals surface area contributed by atoms with Gasteiger partial charge >= 0.3 is 0 Å². The molecule has 1 aromatic carbocycles. The minimum atomic E-state index is -3.19. The number of nitrogens with one attached hydrogen (secondary N) is 2. The van der Waals surface area contributed by atoms with E-state index < -0.39 is 9.84 Å². The molecule has 6 nitrogen and oxygen atoms in total. The van der Waals surface area contributed by atoms with E-state index >= 15 is 0 Å². The van der Waals surface area contributed by atoms with Crippen LogP contribution in [0.2, 0.25) is 0 Å². The van der Waals surface area contributed by atoms with Crippen molar-refractivity contribution >= 4 is 51.1 Å². The molecule has 0 radical (unpaired) electrons. The quantitative estimate of drug-likeness (QED) is 0.307. The largest absolute Gasteiger partial charge is 0.357 e. The summed E-state index contributed by atoms with van der Waals surface area (Å²) in [4.78, 5) is 9.54. The second-order valence-corrected chi connectivity index (χ2v) is 9.26. The number of benzene rings is 1. The second-order valence-electron chi connectivity index (χ2n) is 6.33. The van der Waals surface area contributed by atoms with Gasteiger partial charge in [0.25, 0.3) is 0 Å². The lowest BCUT2D eigenvalue weighted by atomic mass is 10.1. The first kappa shape index (κ1) is 24.8. The Bertz CT molecular complexity index is 895. The Kier molecular flexibility index (Phi) is 10.4. The Morgan fingerprint density at radius 1 is 1.25 bits per heavy atom. The number of hydrogen-bond donors (Lipinski definition) is 2. The van der Waals surface area contributed by atoms with Crippen molar-refractivity contribution in [2.45, 2.75) is 45.1 Å². The number of halogens is 1. The predicted molar refractivity (Wildman–Crippen MR) is 128 cm³/mol. The van der Waals surface area contributed by atoms with Crippen molar-refractivity contribution in [2.75, 3.05) is 19.3 Å². The van der Waals surface area contributed by atoms with Crippen molar-refractivity contribution in [1.82, 2.24) is 15.6 Å². The molecule has 1 aromatic heterocycles. The lowest BCUT2D eigenvalue weighted by molar-refractivity contribution is 0.601. The van der Waals surface area contributed by atoms with Crippen molar-refractivity contribution in [2.24, 2.45) is 4.99 Å². The van der Waals surface area contributed by atoms with Gasteiger partial charge in [-0.3, -0.25) is 0 Å². The highest BCUT2D eigenvalue weighted by molar-refractivity contribution is 14.0. The SMILES string of the molecule is CCNC(=NCc1ccc(S(C)(=O)=O)c(C)c1)NCCc1csc(CC)n1.I. The van der Waals surface area contributed by atoms with Crippen molar-refractivity contribution < 1.29 is 8.42 Å². The molecule has 0 unspecified atom stereocenters. The fraction of sp³-hybridized carbons (Fsp3) is 0.474. The molecule has 0 aliphatic carbocycles. The van der Waals surface area contributed by atoms with Crippen LogP contribution in [0.3, 0.4) is 0 Å². The number of aliphatic imine (C=N–C) groups is 1. The Hall–Kier alpha value is -1.20. The smallest absolute Gasteiger partial charge is 0.191 e. The maximum Gasteiger partial charge on any atom is 0.191 e. The molecule has 156 valence electrons. The molecule has 0 spiro atoms. The molecule has 0 fully saturated rings. The number of rotatable bonds is 8. The summed E-state index contributed by atoms with van der Waals surface area (Å²) in [5.41, 5.74) is 2.83. The van der Waals surface area contributed by atoms with Gasteiger partial charge in [0.2, 0.25) is 0 Å². The third-order valence-corrected chi connectivity index (χ3v) is 6.28. The van der Waals surface area contributed by atoms with E-state index in [1.54, 1.807) is 17.4 Å². The second kappa shape index (κ2) is 11.7. The molecule has 2 rings (SSSR count). The maximum absolute atomic E-state index is 11.7. The number of nitrogens with zero attached hydrogens (tertiary/aromatic N) is 2. The molecule has 2 aromatic rings. The van der Waals surface area contributed by atoms with Crippen LogP contribution < -0.4 is 10.6 Å². The van der Waals surface area contributed by atoms with Crippen LogP contribution in [0.15, 0.2) is 33.5 Å². The maximum atomic E-state index is 11.7. The first-order valence-electron chi connectivity index (χ1n) is 9.08. The van der Waals surface area contributed by atoms with Gasteiger partial charge in [-0.1, -0.05) is 19.1 Å². The average Bonchev–Trinajstić information content (AvgIpc) is 3.06. The monoisotopic (exact) mass is 536 g/mol. The van der Waals surface area contributed by atoms with Gasteiger partial charge in [-0.15, -0.1) is 35.3 Å². The third kappa shape index (κ3) is 7.67. The highest BCUT2D eigenvalue weighted by atomic mass is 127. The van der Waals surface area contributed by atoms with Crippen LogP contribution in [0.4, 0.5) is 0 Å². The number of guanidine groups is 1. The predicted octanol–water partition coefficient (Wildman–Crippen LogP) is 3.33. The van der Waals surface area contributed by atoms with Crippen molar-refractivity contribution in [1.29, 1.82) is 0 Å². The first-order chi connectivity index (χ1) is 12.8. The molecule has 0 aliphatic heterocycles. The van der Waals surface area contributed by atoms with Gasteiger partial charge < -0.3 is 10.6 Å². The summed E-state index contributed by atoms with van der Waals surface area (Å²) in [7, 11) is -3.19. The van der Waals surface area contributed by atoms with E-state index in [1.807, 2.05) is 26.0 Å². The molecule has 28 heavy (non-hydrogen) atoms. The number of sulfone groups is 1. The van der Waals surface area contributed by atoms with E-state index in [4.69, 9.17) is 0 Å². The van der Waals surface area contributed by atoms with Crippen LogP contribution in [0.25, 0.3) is 0 Å². The molecule has 0 saturated heterocycles. The summed E-state index contributed by atoms with van der Waals surface area (Å²) >= 11 is 1.70. The molecule has 0 bridgehead atoms. The summed E-state index contributed by atoms with van der Waals surface area (Å²) in [6, 6.07) is 5.35. The summed E-state index contributed by atoms with van der Waals surface area (Å²) in [5, 5.41) is 9.83. The number of aromatic nitrogens is 1. The van der Waals surface area contributed by atoms with E-state index in [-0.39, 0.29) is 24.0 Å². The van der Waals surface area contributed by atoms with Crippen LogP contribution in [-0.2, 0) is 29.2 Å². The van der Waals surface area contributed by atoms with Crippen LogP contribution in [0, 0.1) is 6.92 Å². The number of hydrogen-bond acceptors (Lipinski definition) is 5. The lowest BCUT2D eigenvalue weighted by Gasteiger charge is -2.11. The first-order valence-corrected chi connectivity index (χ1v) is 11.9. The summed E-state index contributed by atoms with van der Waals surface area (Å²) in [5.74, 6) is 0.744. The molecular weight excluding hydrogens is 507 g/mol. The standard InChI is InChI=1S/C19H28N4O2S2.HI/c1-5-18-23-16(13-26-18)9-10-21-19(20-6-2)22-12-15-7-8-17(14(3)11-15)27(4,24)25;/h7-8,11,13H,5-6,9-10,12H2,1-4H3,(H2,20,21,22);1H. The number of thiazole rings is 1. The Morgan fingerprint density at radius 3 is 2.57 bits per heavy atom. The minimum Gasteiger partial charge on any atom is -0.357 e.